The van der Waals surface area contributed by atoms with Crippen LogP contribution in [0.2, 0.25) is 0 Å². The second-order valence-electron chi connectivity index (χ2n) is 8.35. The van der Waals surface area contributed by atoms with Crippen molar-refractivity contribution in [2.24, 2.45) is 0 Å². The highest BCUT2D eigenvalue weighted by Gasteiger charge is 2.49. The number of hydrogen-bond donors (Lipinski definition) is 1. The number of quaternary nitrogens is 1. The number of carbonyl (C=O) groups is 2. The number of rotatable bonds is 1. The van der Waals surface area contributed by atoms with E-state index in [2.05, 4.69) is 0 Å². The fraction of sp³-hybridized carbons (Fsp3) is 0.600. The maximum Gasteiger partial charge on any atom is 0.520 e. The molecule has 2 aliphatic heterocycles. The van der Waals surface area contributed by atoms with Crippen molar-refractivity contribution in [3.63, 3.8) is 0 Å². The molecular weight excluding hydrogens is 384 g/mol. The van der Waals surface area contributed by atoms with Gasteiger partial charge >= 0.3 is 12.2 Å². The van der Waals surface area contributed by atoms with Crippen LogP contribution in [-0.2, 0) is 17.6 Å². The maximum atomic E-state index is 12.4. The Balaban J connectivity index is 1.91. The first-order valence-corrected chi connectivity index (χ1v) is 10.0. The van der Waals surface area contributed by atoms with Crippen LogP contribution in [0, 0.1) is 0 Å². The number of benzene rings is 1. The number of alkyl halides is 1. The van der Waals surface area contributed by atoms with Gasteiger partial charge in [-0.3, -0.25) is 0 Å². The maximum absolute atomic E-state index is 12.4. The highest BCUT2D eigenvalue weighted by atomic mass is 35.5. The van der Waals surface area contributed by atoms with Gasteiger partial charge in [0.15, 0.2) is 16.9 Å². The molecule has 0 fully saturated rings. The highest BCUT2D eigenvalue weighted by Crippen LogP contribution is 2.42. The second-order valence-corrected chi connectivity index (χ2v) is 8.99. The molecule has 7 nitrogen and oxygen atoms in total. The third-order valence-corrected chi connectivity index (χ3v) is 5.65. The van der Waals surface area contributed by atoms with Gasteiger partial charge in [0, 0.05) is 26.1 Å². The van der Waals surface area contributed by atoms with E-state index < -0.39 is 17.2 Å². The monoisotopic (exact) mass is 411 g/mol. The van der Waals surface area contributed by atoms with E-state index in [4.69, 9.17) is 21.1 Å². The average molecular weight is 412 g/mol. The number of nitrogens with zero attached hydrogens (tertiary/aromatic N) is 2. The molecule has 8 heteroatoms. The van der Waals surface area contributed by atoms with Crippen molar-refractivity contribution in [1.82, 2.24) is 9.38 Å². The molecule has 0 radical (unpaired) electrons. The number of amides is 2. The van der Waals surface area contributed by atoms with Gasteiger partial charge in [-0.2, -0.15) is 9.28 Å². The fourth-order valence-electron chi connectivity index (χ4n) is 3.82. The standard InChI is InChI=1S/C20H27ClN2O5/c1-13(21)23(19(25)26)9-10-27-17-12-15-6-8-22(18(24)28-20(2,3)4)7-5-14(15)11-16(17)23/h11-13H,5-10H2,1-4H3/p+1. The molecule has 0 spiro atoms. The minimum absolute atomic E-state index is 0.274. The molecule has 0 saturated heterocycles. The lowest BCUT2D eigenvalue weighted by Gasteiger charge is -2.38. The predicted molar refractivity (Wildman–Crippen MR) is 107 cm³/mol. The van der Waals surface area contributed by atoms with Crippen LogP contribution in [0.5, 0.6) is 5.75 Å². The summed E-state index contributed by atoms with van der Waals surface area (Å²) in [5.74, 6) is 0.561. The first kappa shape index (κ1) is 20.7. The van der Waals surface area contributed by atoms with E-state index >= 15 is 0 Å². The molecule has 1 N–H and O–H groups in total. The topological polar surface area (TPSA) is 76.1 Å². The quantitative estimate of drug-likeness (QED) is 0.429. The molecule has 0 aliphatic carbocycles. The number of carboxylic acid groups (broad SMARTS) is 1. The van der Waals surface area contributed by atoms with Crippen LogP contribution in [0.1, 0.15) is 38.8 Å². The number of carbonyl (C=O) groups excluding carboxylic acids is 1. The van der Waals surface area contributed by atoms with Gasteiger partial charge < -0.3 is 19.5 Å². The summed E-state index contributed by atoms with van der Waals surface area (Å²) in [5.41, 5.74) is 1.49. The number of halogens is 1. The van der Waals surface area contributed by atoms with Gasteiger partial charge in [0.05, 0.1) is 0 Å². The van der Waals surface area contributed by atoms with E-state index in [1.54, 1.807) is 11.8 Å². The molecule has 1 aromatic carbocycles. The molecule has 0 bridgehead atoms. The van der Waals surface area contributed by atoms with Crippen LogP contribution in [-0.4, -0.2) is 59.5 Å². The van der Waals surface area contributed by atoms with Gasteiger partial charge in [0.25, 0.3) is 0 Å². The van der Waals surface area contributed by atoms with Crippen molar-refractivity contribution in [1.29, 1.82) is 0 Å². The summed E-state index contributed by atoms with van der Waals surface area (Å²) in [6.07, 6.45) is -0.0327. The Morgan fingerprint density at radius 3 is 2.39 bits per heavy atom. The van der Waals surface area contributed by atoms with Crippen molar-refractivity contribution in [2.45, 2.75) is 51.6 Å². The van der Waals surface area contributed by atoms with Crippen LogP contribution in [0.15, 0.2) is 12.1 Å². The largest absolute Gasteiger partial charge is 0.520 e. The van der Waals surface area contributed by atoms with E-state index in [0.717, 1.165) is 11.1 Å². The first-order valence-electron chi connectivity index (χ1n) is 9.57. The van der Waals surface area contributed by atoms with Crippen LogP contribution >= 0.6 is 11.6 Å². The second kappa shape index (κ2) is 7.44. The summed E-state index contributed by atoms with van der Waals surface area (Å²) in [5, 5.41) is 9.95. The lowest BCUT2D eigenvalue weighted by atomic mass is 9.99. The van der Waals surface area contributed by atoms with Gasteiger partial charge in [0.1, 0.15) is 18.8 Å². The van der Waals surface area contributed by atoms with Crippen molar-refractivity contribution in [2.75, 3.05) is 26.2 Å². The van der Waals surface area contributed by atoms with E-state index in [1.807, 2.05) is 32.9 Å². The van der Waals surface area contributed by atoms with Crippen molar-refractivity contribution in [3.05, 3.63) is 23.3 Å². The van der Waals surface area contributed by atoms with Crippen molar-refractivity contribution < 1.29 is 24.2 Å². The van der Waals surface area contributed by atoms with Gasteiger partial charge in [-0.25, -0.2) is 4.79 Å². The summed E-state index contributed by atoms with van der Waals surface area (Å²) in [7, 11) is 0. The average Bonchev–Trinajstić information content (AvgIpc) is 2.79. The predicted octanol–water partition coefficient (Wildman–Crippen LogP) is 3.98. The third kappa shape index (κ3) is 3.78. The Bertz CT molecular complexity index is 790. The molecule has 2 aliphatic rings. The van der Waals surface area contributed by atoms with E-state index in [1.165, 1.54) is 0 Å². The van der Waals surface area contributed by atoms with Gasteiger partial charge in [-0.05, 0) is 50.8 Å². The third-order valence-electron chi connectivity index (χ3n) is 5.32. The smallest absolute Gasteiger partial charge is 0.481 e. The Morgan fingerprint density at radius 2 is 1.86 bits per heavy atom. The van der Waals surface area contributed by atoms with Crippen molar-refractivity contribution >= 4 is 29.5 Å². The lowest BCUT2D eigenvalue weighted by molar-refractivity contribution is 0.0258. The molecule has 2 atom stereocenters. The Labute approximate surface area is 170 Å². The molecule has 0 aromatic heterocycles. The van der Waals surface area contributed by atoms with E-state index in [9.17, 15) is 14.7 Å². The molecule has 2 heterocycles. The van der Waals surface area contributed by atoms with Crippen LogP contribution < -0.4 is 9.22 Å². The normalized spacial score (nSPS) is 23.0. The zero-order chi connectivity index (χ0) is 20.7. The summed E-state index contributed by atoms with van der Waals surface area (Å²) >= 11 is 6.34. The summed E-state index contributed by atoms with van der Waals surface area (Å²) in [6.45, 7) is 8.87. The van der Waals surface area contributed by atoms with Crippen LogP contribution in [0.25, 0.3) is 0 Å². The molecule has 154 valence electrons. The molecule has 28 heavy (non-hydrogen) atoms. The number of fused-ring (bicyclic) bond motifs is 2. The van der Waals surface area contributed by atoms with E-state index in [-0.39, 0.29) is 17.1 Å². The molecular formula is C20H28ClN2O5+. The Hall–Kier alpha value is -1.99. The summed E-state index contributed by atoms with van der Waals surface area (Å²) in [6, 6.07) is 3.81. The molecule has 3 rings (SSSR count). The summed E-state index contributed by atoms with van der Waals surface area (Å²) in [4.78, 5) is 26.3. The minimum Gasteiger partial charge on any atom is -0.481 e. The molecule has 1 aromatic rings. The number of hydrogen-bond acceptors (Lipinski definition) is 4. The van der Waals surface area contributed by atoms with Crippen LogP contribution in [0.3, 0.4) is 0 Å². The molecule has 0 saturated carbocycles. The Kier molecular flexibility index (Phi) is 5.51. The zero-order valence-electron chi connectivity index (χ0n) is 16.8. The SMILES string of the molecule is CC(Cl)[N+]1(C(=O)O)CCOc2cc3c(cc21)CCN(C(=O)OC(C)(C)C)CC3. The molecule has 2 unspecified atom stereocenters. The first-order chi connectivity index (χ1) is 13.0. The van der Waals surface area contributed by atoms with E-state index in [0.29, 0.717) is 44.0 Å². The van der Waals surface area contributed by atoms with Gasteiger partial charge in [-0.15, -0.1) is 0 Å². The minimum atomic E-state index is -0.990. The zero-order valence-corrected chi connectivity index (χ0v) is 17.6. The van der Waals surface area contributed by atoms with Gasteiger partial charge in [0.2, 0.25) is 0 Å². The van der Waals surface area contributed by atoms with Crippen molar-refractivity contribution in [3.8, 4) is 5.75 Å². The Morgan fingerprint density at radius 1 is 1.25 bits per heavy atom. The fourth-order valence-corrected chi connectivity index (χ4v) is 4.10. The van der Waals surface area contributed by atoms with Crippen LogP contribution in [0.4, 0.5) is 15.3 Å². The number of ether oxygens (including phenoxy) is 2. The highest BCUT2D eigenvalue weighted by molar-refractivity contribution is 6.22. The lowest BCUT2D eigenvalue weighted by Crippen LogP contribution is -2.61. The van der Waals surface area contributed by atoms with Gasteiger partial charge in [-0.1, -0.05) is 11.6 Å². The molecule has 2 amide bonds. The summed E-state index contributed by atoms with van der Waals surface area (Å²) < 4.78 is 10.9.